The maximum absolute atomic E-state index is 4.57. The maximum atomic E-state index is 4.57. The van der Waals surface area contributed by atoms with E-state index in [1.54, 1.807) is 6.33 Å². The molecule has 4 heteroatoms. The van der Waals surface area contributed by atoms with Crippen molar-refractivity contribution >= 4 is 16.9 Å². The van der Waals surface area contributed by atoms with Gasteiger partial charge < -0.3 is 9.88 Å². The quantitative estimate of drug-likeness (QED) is 0.894. The normalized spacial score (nSPS) is 19.6. The molecule has 2 heterocycles. The molecule has 0 amide bonds. The fourth-order valence-electron chi connectivity index (χ4n) is 2.96. The van der Waals surface area contributed by atoms with Crippen molar-refractivity contribution in [1.29, 1.82) is 0 Å². The lowest BCUT2D eigenvalue weighted by Gasteiger charge is -2.33. The molecule has 2 aliphatic rings. The molecule has 0 spiro atoms. The number of H-pyrrole nitrogens is 1. The molecule has 4 rings (SSSR count). The van der Waals surface area contributed by atoms with Gasteiger partial charge in [-0.3, -0.25) is 0 Å². The lowest BCUT2D eigenvalue weighted by molar-refractivity contribution is 0.316. The molecule has 1 N–H and O–H groups in total. The Morgan fingerprint density at radius 1 is 1.11 bits per heavy atom. The van der Waals surface area contributed by atoms with Gasteiger partial charge in [0.2, 0.25) is 0 Å². The van der Waals surface area contributed by atoms with Gasteiger partial charge in [-0.15, -0.1) is 0 Å². The Labute approximate surface area is 113 Å². The summed E-state index contributed by atoms with van der Waals surface area (Å²) in [5, 5.41) is 1.17. The van der Waals surface area contributed by atoms with E-state index in [4.69, 9.17) is 0 Å². The van der Waals surface area contributed by atoms with E-state index in [1.807, 2.05) is 6.20 Å². The second-order valence-corrected chi connectivity index (χ2v) is 6.08. The lowest BCUT2D eigenvalue weighted by atomic mass is 9.85. The van der Waals surface area contributed by atoms with E-state index in [0.717, 1.165) is 23.3 Å². The van der Waals surface area contributed by atoms with Gasteiger partial charge in [0, 0.05) is 19.3 Å². The zero-order chi connectivity index (χ0) is 12.7. The van der Waals surface area contributed by atoms with E-state index in [0.29, 0.717) is 0 Å². The third kappa shape index (κ3) is 2.20. The molecule has 0 unspecified atom stereocenters. The minimum absolute atomic E-state index is 0.878. The molecule has 2 aliphatic carbocycles. The number of aromatic nitrogens is 3. The van der Waals surface area contributed by atoms with Crippen molar-refractivity contribution in [2.75, 3.05) is 18.0 Å². The lowest BCUT2D eigenvalue weighted by Crippen LogP contribution is -2.34. The third-order valence-corrected chi connectivity index (χ3v) is 4.51. The van der Waals surface area contributed by atoms with Gasteiger partial charge in [-0.1, -0.05) is 6.42 Å². The Bertz CT molecular complexity index is 568. The SMILES string of the molecule is c1nc(N(CC2CCC2)CC2CC2)c2cc[nH]c2n1. The van der Waals surface area contributed by atoms with Crippen LogP contribution in [0.5, 0.6) is 0 Å². The van der Waals surface area contributed by atoms with Crippen LogP contribution in [0.2, 0.25) is 0 Å². The molecular weight excluding hydrogens is 236 g/mol. The van der Waals surface area contributed by atoms with Crippen LogP contribution in [0.1, 0.15) is 32.1 Å². The highest BCUT2D eigenvalue weighted by molar-refractivity contribution is 5.87. The average molecular weight is 256 g/mol. The third-order valence-electron chi connectivity index (χ3n) is 4.51. The van der Waals surface area contributed by atoms with Crippen molar-refractivity contribution in [1.82, 2.24) is 15.0 Å². The van der Waals surface area contributed by atoms with Gasteiger partial charge in [0.25, 0.3) is 0 Å². The Hall–Kier alpha value is -1.58. The second kappa shape index (κ2) is 4.51. The summed E-state index contributed by atoms with van der Waals surface area (Å²) in [7, 11) is 0. The highest BCUT2D eigenvalue weighted by atomic mass is 15.2. The van der Waals surface area contributed by atoms with Crippen LogP contribution in [0, 0.1) is 11.8 Å². The zero-order valence-electron chi connectivity index (χ0n) is 11.2. The Morgan fingerprint density at radius 3 is 2.58 bits per heavy atom. The number of fused-ring (bicyclic) bond motifs is 1. The topological polar surface area (TPSA) is 44.8 Å². The largest absolute Gasteiger partial charge is 0.355 e. The van der Waals surface area contributed by atoms with Crippen LogP contribution in [0.3, 0.4) is 0 Å². The first-order valence-electron chi connectivity index (χ1n) is 7.43. The molecule has 0 aliphatic heterocycles. The molecular formula is C15H20N4. The fourth-order valence-corrected chi connectivity index (χ4v) is 2.96. The molecule has 19 heavy (non-hydrogen) atoms. The van der Waals surface area contributed by atoms with Crippen LogP contribution in [0.25, 0.3) is 11.0 Å². The van der Waals surface area contributed by atoms with Crippen molar-refractivity contribution in [2.45, 2.75) is 32.1 Å². The van der Waals surface area contributed by atoms with Crippen LogP contribution in [-0.4, -0.2) is 28.0 Å². The molecule has 2 fully saturated rings. The van der Waals surface area contributed by atoms with Gasteiger partial charge in [-0.25, -0.2) is 9.97 Å². The van der Waals surface area contributed by atoms with E-state index in [2.05, 4.69) is 25.9 Å². The minimum Gasteiger partial charge on any atom is -0.355 e. The van der Waals surface area contributed by atoms with Crippen LogP contribution in [0.4, 0.5) is 5.82 Å². The first-order valence-corrected chi connectivity index (χ1v) is 7.43. The average Bonchev–Trinajstić information content (AvgIpc) is 3.05. The van der Waals surface area contributed by atoms with Crippen molar-refractivity contribution in [3.63, 3.8) is 0 Å². The summed E-state index contributed by atoms with van der Waals surface area (Å²) in [4.78, 5) is 14.6. The van der Waals surface area contributed by atoms with E-state index in [-0.39, 0.29) is 0 Å². The zero-order valence-corrected chi connectivity index (χ0v) is 11.2. The van der Waals surface area contributed by atoms with Gasteiger partial charge in [-0.2, -0.15) is 0 Å². The number of hydrogen-bond acceptors (Lipinski definition) is 3. The van der Waals surface area contributed by atoms with E-state index >= 15 is 0 Å². The highest BCUT2D eigenvalue weighted by Gasteiger charge is 2.29. The molecule has 0 atom stereocenters. The number of hydrogen-bond donors (Lipinski definition) is 1. The predicted molar refractivity (Wildman–Crippen MR) is 76.2 cm³/mol. The van der Waals surface area contributed by atoms with Crippen LogP contribution in [0.15, 0.2) is 18.6 Å². The Kier molecular flexibility index (Phi) is 2.67. The summed E-state index contributed by atoms with van der Waals surface area (Å²) in [5.74, 6) is 2.90. The van der Waals surface area contributed by atoms with Crippen LogP contribution >= 0.6 is 0 Å². The number of anilines is 1. The molecule has 4 nitrogen and oxygen atoms in total. The van der Waals surface area contributed by atoms with Crippen molar-refractivity contribution in [3.05, 3.63) is 18.6 Å². The number of nitrogens with one attached hydrogen (secondary N) is 1. The van der Waals surface area contributed by atoms with Crippen molar-refractivity contribution in [2.24, 2.45) is 11.8 Å². The standard InChI is InChI=1S/C15H20N4/c1-2-11(3-1)8-19(9-12-4-5-12)15-13-6-7-16-14(13)17-10-18-15/h6-7,10-12H,1-5,8-9H2,(H,16,17,18). The first-order chi connectivity index (χ1) is 9.40. The minimum atomic E-state index is 0.878. The number of nitrogens with zero attached hydrogens (tertiary/aromatic N) is 3. The summed E-state index contributed by atoms with van der Waals surface area (Å²) in [6.45, 7) is 2.35. The summed E-state index contributed by atoms with van der Waals surface area (Å²) in [6.07, 6.45) is 10.6. The predicted octanol–water partition coefficient (Wildman–Crippen LogP) is 2.97. The maximum Gasteiger partial charge on any atom is 0.142 e. The smallest absolute Gasteiger partial charge is 0.142 e. The molecule has 100 valence electrons. The first kappa shape index (κ1) is 11.3. The second-order valence-electron chi connectivity index (χ2n) is 6.08. The summed E-state index contributed by atoms with van der Waals surface area (Å²) in [6, 6.07) is 2.10. The van der Waals surface area contributed by atoms with E-state index in [9.17, 15) is 0 Å². The Balaban J connectivity index is 1.64. The van der Waals surface area contributed by atoms with Gasteiger partial charge in [0.15, 0.2) is 0 Å². The van der Waals surface area contributed by atoms with Gasteiger partial charge in [-0.05, 0) is 43.6 Å². The summed E-state index contributed by atoms with van der Waals surface area (Å²) in [5.41, 5.74) is 0.958. The van der Waals surface area contributed by atoms with E-state index in [1.165, 1.54) is 50.6 Å². The molecule has 2 aromatic rings. The highest BCUT2D eigenvalue weighted by Crippen LogP contribution is 2.35. The molecule has 0 bridgehead atoms. The van der Waals surface area contributed by atoms with Crippen LogP contribution < -0.4 is 4.90 Å². The Morgan fingerprint density at radius 2 is 1.89 bits per heavy atom. The van der Waals surface area contributed by atoms with Crippen molar-refractivity contribution < 1.29 is 0 Å². The molecule has 2 saturated carbocycles. The summed E-state index contributed by atoms with van der Waals surface area (Å²) >= 11 is 0. The number of aromatic amines is 1. The molecule has 2 aromatic heterocycles. The van der Waals surface area contributed by atoms with Gasteiger partial charge in [0.1, 0.15) is 17.8 Å². The van der Waals surface area contributed by atoms with Crippen molar-refractivity contribution in [3.8, 4) is 0 Å². The molecule has 0 aromatic carbocycles. The number of rotatable bonds is 5. The van der Waals surface area contributed by atoms with Gasteiger partial charge >= 0.3 is 0 Å². The monoisotopic (exact) mass is 256 g/mol. The van der Waals surface area contributed by atoms with E-state index < -0.39 is 0 Å². The molecule has 0 saturated heterocycles. The van der Waals surface area contributed by atoms with Gasteiger partial charge in [0.05, 0.1) is 5.39 Å². The van der Waals surface area contributed by atoms with Crippen LogP contribution in [-0.2, 0) is 0 Å². The fraction of sp³-hybridized carbons (Fsp3) is 0.600. The summed E-state index contributed by atoms with van der Waals surface area (Å²) < 4.78 is 0. The molecule has 0 radical (unpaired) electrons.